The summed E-state index contributed by atoms with van der Waals surface area (Å²) in [5.41, 5.74) is -1.23. The van der Waals surface area contributed by atoms with E-state index in [9.17, 15) is 9.59 Å². The second kappa shape index (κ2) is 5.86. The van der Waals surface area contributed by atoms with Crippen LogP contribution in [-0.4, -0.2) is 41.9 Å². The fraction of sp³-hybridized carbons (Fsp3) is 0.818. The van der Waals surface area contributed by atoms with Gasteiger partial charge in [0.05, 0.1) is 12.0 Å². The van der Waals surface area contributed by atoms with E-state index >= 15 is 0 Å². The number of carboxylic acids is 1. The summed E-state index contributed by atoms with van der Waals surface area (Å²) in [6.45, 7) is 7.34. The third-order valence-corrected chi connectivity index (χ3v) is 2.27. The summed E-state index contributed by atoms with van der Waals surface area (Å²) in [7, 11) is 1.56. The average Bonchev–Trinajstić information content (AvgIpc) is 2.12. The molecule has 100 valence electrons. The van der Waals surface area contributed by atoms with Crippen LogP contribution >= 0.6 is 0 Å². The van der Waals surface area contributed by atoms with Crippen LogP contribution in [0, 0.1) is 0 Å². The number of carbonyl (C=O) groups is 2. The van der Waals surface area contributed by atoms with Crippen LogP contribution in [0.15, 0.2) is 0 Å². The molecular formula is C11H22N2O4. The summed E-state index contributed by atoms with van der Waals surface area (Å²) in [4.78, 5) is 22.1. The number of urea groups is 1. The number of carboxylic acid groups (broad SMARTS) is 1. The molecule has 0 unspecified atom stereocenters. The first-order valence-corrected chi connectivity index (χ1v) is 5.41. The summed E-state index contributed by atoms with van der Waals surface area (Å²) in [5.74, 6) is -0.951. The molecule has 0 saturated heterocycles. The van der Waals surface area contributed by atoms with Gasteiger partial charge in [-0.1, -0.05) is 0 Å². The molecule has 2 amide bonds. The van der Waals surface area contributed by atoms with Gasteiger partial charge in [0.15, 0.2) is 0 Å². The molecule has 0 saturated carbocycles. The van der Waals surface area contributed by atoms with E-state index in [4.69, 9.17) is 9.84 Å². The number of methoxy groups -OCH3 is 1. The van der Waals surface area contributed by atoms with Crippen LogP contribution in [0.3, 0.4) is 0 Å². The molecule has 0 bridgehead atoms. The molecule has 0 atom stereocenters. The Balaban J connectivity index is 4.14. The van der Waals surface area contributed by atoms with E-state index in [1.54, 1.807) is 21.0 Å². The Bertz CT molecular complexity index is 287. The second-order valence-corrected chi connectivity index (χ2v) is 5.23. The number of aliphatic carboxylic acids is 1. The highest BCUT2D eigenvalue weighted by atomic mass is 16.5. The quantitative estimate of drug-likeness (QED) is 0.651. The minimum Gasteiger partial charge on any atom is -0.481 e. The van der Waals surface area contributed by atoms with E-state index in [0.717, 1.165) is 0 Å². The highest BCUT2D eigenvalue weighted by Crippen LogP contribution is 2.08. The first-order chi connectivity index (χ1) is 7.58. The first-order valence-electron chi connectivity index (χ1n) is 5.41. The molecule has 0 aliphatic heterocycles. The summed E-state index contributed by atoms with van der Waals surface area (Å²) >= 11 is 0. The molecule has 0 heterocycles. The predicted octanol–water partition coefficient (Wildman–Crippen LogP) is 0.964. The highest BCUT2D eigenvalue weighted by molar-refractivity contribution is 5.76. The topological polar surface area (TPSA) is 87.7 Å². The van der Waals surface area contributed by atoms with Crippen LogP contribution in [0.5, 0.6) is 0 Å². The number of nitrogens with one attached hydrogen (secondary N) is 2. The Hall–Kier alpha value is -1.30. The van der Waals surface area contributed by atoms with Crippen molar-refractivity contribution in [1.29, 1.82) is 0 Å². The van der Waals surface area contributed by atoms with Gasteiger partial charge < -0.3 is 20.5 Å². The van der Waals surface area contributed by atoms with Crippen LogP contribution in [0.4, 0.5) is 4.79 Å². The van der Waals surface area contributed by atoms with E-state index in [-0.39, 0.29) is 6.42 Å². The highest BCUT2D eigenvalue weighted by Gasteiger charge is 2.25. The lowest BCUT2D eigenvalue weighted by molar-refractivity contribution is -0.138. The molecule has 6 nitrogen and oxygen atoms in total. The smallest absolute Gasteiger partial charge is 0.315 e. The first kappa shape index (κ1) is 15.7. The third-order valence-electron chi connectivity index (χ3n) is 2.27. The van der Waals surface area contributed by atoms with Crippen molar-refractivity contribution in [1.82, 2.24) is 10.6 Å². The van der Waals surface area contributed by atoms with Gasteiger partial charge in [0.1, 0.15) is 0 Å². The standard InChI is InChI=1S/C11H22N2O4/c1-10(2,6-8(14)15)13-9(16)12-7-11(3,4)17-5/h6-7H2,1-5H3,(H,14,15)(H2,12,13,16). The van der Waals surface area contributed by atoms with E-state index in [2.05, 4.69) is 10.6 Å². The SMILES string of the molecule is COC(C)(C)CNC(=O)NC(C)(C)CC(=O)O. The molecule has 0 aromatic rings. The lowest BCUT2D eigenvalue weighted by Crippen LogP contribution is -2.52. The maximum atomic E-state index is 11.5. The summed E-state index contributed by atoms with van der Waals surface area (Å²) in [5, 5.41) is 13.9. The van der Waals surface area contributed by atoms with Gasteiger partial charge in [-0.05, 0) is 27.7 Å². The maximum Gasteiger partial charge on any atom is 0.315 e. The normalized spacial score (nSPS) is 12.1. The molecule has 0 aliphatic carbocycles. The molecule has 0 aliphatic rings. The zero-order valence-electron chi connectivity index (χ0n) is 11.1. The van der Waals surface area contributed by atoms with E-state index in [1.165, 1.54) is 0 Å². The van der Waals surface area contributed by atoms with Gasteiger partial charge in [-0.3, -0.25) is 4.79 Å². The molecule has 6 heteroatoms. The molecule has 17 heavy (non-hydrogen) atoms. The van der Waals surface area contributed by atoms with Crippen molar-refractivity contribution in [3.63, 3.8) is 0 Å². The second-order valence-electron chi connectivity index (χ2n) is 5.23. The van der Waals surface area contributed by atoms with Gasteiger partial charge in [0.2, 0.25) is 0 Å². The maximum absolute atomic E-state index is 11.5. The van der Waals surface area contributed by atoms with Crippen LogP contribution in [0.25, 0.3) is 0 Å². The molecular weight excluding hydrogens is 224 g/mol. The van der Waals surface area contributed by atoms with Crippen molar-refractivity contribution < 1.29 is 19.4 Å². The number of hydrogen-bond donors (Lipinski definition) is 3. The van der Waals surface area contributed by atoms with E-state index < -0.39 is 23.1 Å². The lowest BCUT2D eigenvalue weighted by atomic mass is 10.0. The van der Waals surface area contributed by atoms with Crippen molar-refractivity contribution in [3.8, 4) is 0 Å². The van der Waals surface area contributed by atoms with E-state index in [0.29, 0.717) is 6.54 Å². The van der Waals surface area contributed by atoms with Crippen molar-refractivity contribution >= 4 is 12.0 Å². The predicted molar refractivity (Wildman–Crippen MR) is 64.0 cm³/mol. The number of amides is 2. The minimum absolute atomic E-state index is 0.131. The van der Waals surface area contributed by atoms with Gasteiger partial charge in [-0.15, -0.1) is 0 Å². The molecule has 0 aromatic heterocycles. The van der Waals surface area contributed by atoms with Gasteiger partial charge in [-0.25, -0.2) is 4.79 Å². The monoisotopic (exact) mass is 246 g/mol. The van der Waals surface area contributed by atoms with Crippen LogP contribution in [0.1, 0.15) is 34.1 Å². The Labute approximate surface area is 102 Å². The largest absolute Gasteiger partial charge is 0.481 e. The number of rotatable bonds is 6. The van der Waals surface area contributed by atoms with Crippen molar-refractivity contribution in [3.05, 3.63) is 0 Å². The average molecular weight is 246 g/mol. The Kier molecular flexibility index (Phi) is 5.41. The zero-order valence-corrected chi connectivity index (χ0v) is 11.1. The summed E-state index contributed by atoms with van der Waals surface area (Å²) in [6.07, 6.45) is -0.131. The van der Waals surface area contributed by atoms with Gasteiger partial charge >= 0.3 is 12.0 Å². The fourth-order valence-corrected chi connectivity index (χ4v) is 1.14. The van der Waals surface area contributed by atoms with Gasteiger partial charge in [0, 0.05) is 19.2 Å². The third kappa shape index (κ3) is 7.57. The lowest BCUT2D eigenvalue weighted by Gasteiger charge is -2.27. The molecule has 0 radical (unpaired) electrons. The Morgan fingerprint density at radius 2 is 1.76 bits per heavy atom. The van der Waals surface area contributed by atoms with Gasteiger partial charge in [-0.2, -0.15) is 0 Å². The molecule has 0 spiro atoms. The fourth-order valence-electron chi connectivity index (χ4n) is 1.14. The molecule has 0 rings (SSSR count). The van der Waals surface area contributed by atoms with E-state index in [1.807, 2.05) is 13.8 Å². The molecule has 3 N–H and O–H groups in total. The summed E-state index contributed by atoms with van der Waals surface area (Å²) in [6, 6.07) is -0.402. The van der Waals surface area contributed by atoms with Crippen molar-refractivity contribution in [2.24, 2.45) is 0 Å². The number of carbonyl (C=O) groups excluding carboxylic acids is 1. The van der Waals surface area contributed by atoms with Crippen molar-refractivity contribution in [2.75, 3.05) is 13.7 Å². The van der Waals surface area contributed by atoms with Crippen molar-refractivity contribution in [2.45, 2.75) is 45.3 Å². The van der Waals surface area contributed by atoms with Crippen LogP contribution in [-0.2, 0) is 9.53 Å². The minimum atomic E-state index is -0.951. The van der Waals surface area contributed by atoms with Gasteiger partial charge in [0.25, 0.3) is 0 Å². The number of ether oxygens (including phenoxy) is 1. The number of hydrogen-bond acceptors (Lipinski definition) is 3. The zero-order chi connectivity index (χ0) is 13.7. The summed E-state index contributed by atoms with van der Waals surface area (Å²) < 4.78 is 5.15. The molecule has 0 fully saturated rings. The molecule has 0 aromatic carbocycles. The van der Waals surface area contributed by atoms with Crippen LogP contribution < -0.4 is 10.6 Å². The Morgan fingerprint density at radius 1 is 1.24 bits per heavy atom. The Morgan fingerprint density at radius 3 is 2.18 bits per heavy atom. The van der Waals surface area contributed by atoms with Crippen LogP contribution in [0.2, 0.25) is 0 Å².